The largest absolute Gasteiger partial charge is 0.311 e. The molecule has 0 saturated carbocycles. The minimum atomic E-state index is -0.281. The van der Waals surface area contributed by atoms with Crippen molar-refractivity contribution < 1.29 is 9.18 Å². The lowest BCUT2D eigenvalue weighted by Gasteiger charge is -2.33. The van der Waals surface area contributed by atoms with Crippen LogP contribution in [0.3, 0.4) is 0 Å². The Morgan fingerprint density at radius 1 is 1.42 bits per heavy atom. The summed E-state index contributed by atoms with van der Waals surface area (Å²) in [6, 6.07) is 5.97. The van der Waals surface area contributed by atoms with E-state index in [0.29, 0.717) is 12.5 Å². The number of likely N-dealkylation sites (N-methyl/N-ethyl adjacent to an activating group) is 1. The maximum atomic E-state index is 13.0. The van der Waals surface area contributed by atoms with Crippen molar-refractivity contribution in [3.8, 4) is 0 Å². The molecule has 1 aromatic carbocycles. The van der Waals surface area contributed by atoms with Crippen LogP contribution in [-0.4, -0.2) is 25.0 Å². The van der Waals surface area contributed by atoms with Gasteiger partial charge in [-0.2, -0.15) is 0 Å². The number of amides is 1. The molecule has 0 aromatic heterocycles. The number of halogens is 1. The number of piperidine rings is 1. The molecule has 1 aliphatic rings. The molecule has 1 N–H and O–H groups in total. The summed E-state index contributed by atoms with van der Waals surface area (Å²) in [6.07, 6.45) is 2.19. The van der Waals surface area contributed by atoms with Crippen molar-refractivity contribution in [3.63, 3.8) is 0 Å². The van der Waals surface area contributed by atoms with Gasteiger partial charge in [0.25, 0.3) is 0 Å². The number of carbonyl (C=O) groups is 1. The highest BCUT2D eigenvalue weighted by molar-refractivity contribution is 5.97. The molecule has 2 unspecified atom stereocenters. The quantitative estimate of drug-likeness (QED) is 0.910. The van der Waals surface area contributed by atoms with Crippen molar-refractivity contribution in [2.75, 3.05) is 18.0 Å². The molecule has 0 spiro atoms. The summed E-state index contributed by atoms with van der Waals surface area (Å²) in [5.74, 6) is 0.147. The van der Waals surface area contributed by atoms with Gasteiger partial charge in [0.05, 0.1) is 6.04 Å². The third-order valence-electron chi connectivity index (χ3n) is 3.76. The highest BCUT2D eigenvalue weighted by Crippen LogP contribution is 2.21. The molecule has 1 amide bonds. The van der Waals surface area contributed by atoms with Crippen LogP contribution in [0.15, 0.2) is 24.3 Å². The lowest BCUT2D eigenvalue weighted by Crippen LogP contribution is -2.52. The molecular weight excluding hydrogens is 243 g/mol. The van der Waals surface area contributed by atoms with Gasteiger partial charge in [-0.25, -0.2) is 4.39 Å². The molecule has 19 heavy (non-hydrogen) atoms. The zero-order valence-corrected chi connectivity index (χ0v) is 11.5. The van der Waals surface area contributed by atoms with E-state index in [1.54, 1.807) is 17.0 Å². The Morgan fingerprint density at radius 3 is 2.68 bits per heavy atom. The van der Waals surface area contributed by atoms with Gasteiger partial charge in [-0.05, 0) is 56.5 Å². The SMILES string of the molecule is CCN(C(=O)C1NCCCC1C)c1ccc(F)cc1. The second-order valence-corrected chi connectivity index (χ2v) is 5.11. The molecule has 1 heterocycles. The molecule has 0 bridgehead atoms. The molecule has 4 heteroatoms. The monoisotopic (exact) mass is 264 g/mol. The molecule has 1 saturated heterocycles. The molecule has 2 atom stereocenters. The number of nitrogens with one attached hydrogen (secondary N) is 1. The third-order valence-corrected chi connectivity index (χ3v) is 3.76. The van der Waals surface area contributed by atoms with Crippen molar-refractivity contribution in [1.82, 2.24) is 5.32 Å². The predicted molar refractivity (Wildman–Crippen MR) is 74.6 cm³/mol. The molecule has 3 nitrogen and oxygen atoms in total. The summed E-state index contributed by atoms with van der Waals surface area (Å²) < 4.78 is 13.0. The fourth-order valence-electron chi connectivity index (χ4n) is 2.63. The number of rotatable bonds is 3. The number of anilines is 1. The van der Waals surface area contributed by atoms with Gasteiger partial charge in [-0.3, -0.25) is 4.79 Å². The number of benzene rings is 1. The summed E-state index contributed by atoms with van der Waals surface area (Å²) in [5.41, 5.74) is 0.758. The average Bonchev–Trinajstić information content (AvgIpc) is 2.42. The third kappa shape index (κ3) is 3.13. The molecule has 2 rings (SSSR count). The van der Waals surface area contributed by atoms with Crippen LogP contribution in [0.1, 0.15) is 26.7 Å². The fourth-order valence-corrected chi connectivity index (χ4v) is 2.63. The Kier molecular flexibility index (Phi) is 4.53. The average molecular weight is 264 g/mol. The van der Waals surface area contributed by atoms with E-state index >= 15 is 0 Å². The Bertz CT molecular complexity index is 432. The minimum absolute atomic E-state index is 0.0845. The minimum Gasteiger partial charge on any atom is -0.311 e. The number of nitrogens with zero attached hydrogens (tertiary/aromatic N) is 1. The van der Waals surface area contributed by atoms with Gasteiger partial charge >= 0.3 is 0 Å². The first-order valence-corrected chi connectivity index (χ1v) is 6.93. The van der Waals surface area contributed by atoms with E-state index in [-0.39, 0.29) is 17.8 Å². The van der Waals surface area contributed by atoms with Gasteiger partial charge in [0.2, 0.25) is 5.91 Å². The molecule has 1 aliphatic heterocycles. The Balaban J connectivity index is 2.16. The van der Waals surface area contributed by atoms with E-state index in [9.17, 15) is 9.18 Å². The standard InChI is InChI=1S/C15H21FN2O/c1-3-18(13-8-6-12(16)7-9-13)15(19)14-11(2)5-4-10-17-14/h6-9,11,14,17H,3-5,10H2,1-2H3. The zero-order chi connectivity index (χ0) is 13.8. The summed E-state index contributed by atoms with van der Waals surface area (Å²) in [5, 5.41) is 3.30. The predicted octanol–water partition coefficient (Wildman–Crippen LogP) is 2.57. The van der Waals surface area contributed by atoms with Crippen LogP contribution in [0.2, 0.25) is 0 Å². The van der Waals surface area contributed by atoms with Gasteiger partial charge in [0.1, 0.15) is 5.82 Å². The lowest BCUT2D eigenvalue weighted by molar-refractivity contribution is -0.122. The first-order valence-electron chi connectivity index (χ1n) is 6.93. The smallest absolute Gasteiger partial charge is 0.244 e. The summed E-state index contributed by atoms with van der Waals surface area (Å²) in [6.45, 7) is 5.53. The number of hydrogen-bond acceptors (Lipinski definition) is 2. The summed E-state index contributed by atoms with van der Waals surface area (Å²) in [4.78, 5) is 14.3. The lowest BCUT2D eigenvalue weighted by atomic mass is 9.91. The van der Waals surface area contributed by atoms with E-state index < -0.39 is 0 Å². The molecule has 1 fully saturated rings. The van der Waals surface area contributed by atoms with Crippen LogP contribution >= 0.6 is 0 Å². The van der Waals surface area contributed by atoms with E-state index in [2.05, 4.69) is 12.2 Å². The summed E-state index contributed by atoms with van der Waals surface area (Å²) in [7, 11) is 0. The second kappa shape index (κ2) is 6.15. The Morgan fingerprint density at radius 2 is 2.11 bits per heavy atom. The highest BCUT2D eigenvalue weighted by atomic mass is 19.1. The van der Waals surface area contributed by atoms with E-state index in [0.717, 1.165) is 25.1 Å². The van der Waals surface area contributed by atoms with Crippen molar-refractivity contribution in [2.45, 2.75) is 32.7 Å². The number of hydrogen-bond donors (Lipinski definition) is 1. The molecular formula is C15H21FN2O. The van der Waals surface area contributed by atoms with E-state index in [4.69, 9.17) is 0 Å². The highest BCUT2D eigenvalue weighted by Gasteiger charge is 2.30. The molecule has 0 radical (unpaired) electrons. The molecule has 0 aliphatic carbocycles. The Hall–Kier alpha value is -1.42. The van der Waals surface area contributed by atoms with Crippen LogP contribution in [-0.2, 0) is 4.79 Å². The van der Waals surface area contributed by atoms with Crippen LogP contribution in [0.4, 0.5) is 10.1 Å². The van der Waals surface area contributed by atoms with E-state index in [1.807, 2.05) is 6.92 Å². The van der Waals surface area contributed by atoms with Crippen LogP contribution < -0.4 is 10.2 Å². The first kappa shape index (κ1) is 14.0. The van der Waals surface area contributed by atoms with Crippen LogP contribution in [0.25, 0.3) is 0 Å². The van der Waals surface area contributed by atoms with Gasteiger partial charge in [0, 0.05) is 12.2 Å². The normalized spacial score (nSPS) is 23.1. The first-order chi connectivity index (χ1) is 9.13. The molecule has 1 aromatic rings. The van der Waals surface area contributed by atoms with Gasteiger partial charge in [-0.1, -0.05) is 6.92 Å². The maximum absolute atomic E-state index is 13.0. The van der Waals surface area contributed by atoms with Crippen LogP contribution in [0.5, 0.6) is 0 Å². The topological polar surface area (TPSA) is 32.3 Å². The molecule has 104 valence electrons. The van der Waals surface area contributed by atoms with Crippen molar-refractivity contribution in [1.29, 1.82) is 0 Å². The zero-order valence-electron chi connectivity index (χ0n) is 11.5. The van der Waals surface area contributed by atoms with E-state index in [1.165, 1.54) is 12.1 Å². The van der Waals surface area contributed by atoms with Crippen molar-refractivity contribution in [2.24, 2.45) is 5.92 Å². The maximum Gasteiger partial charge on any atom is 0.244 e. The second-order valence-electron chi connectivity index (χ2n) is 5.11. The van der Waals surface area contributed by atoms with Crippen molar-refractivity contribution >= 4 is 11.6 Å². The summed E-state index contributed by atoms with van der Waals surface area (Å²) >= 11 is 0. The van der Waals surface area contributed by atoms with Gasteiger partial charge < -0.3 is 10.2 Å². The fraction of sp³-hybridized carbons (Fsp3) is 0.533. The van der Waals surface area contributed by atoms with Gasteiger partial charge in [0.15, 0.2) is 0 Å². The van der Waals surface area contributed by atoms with Crippen LogP contribution in [0, 0.1) is 11.7 Å². The van der Waals surface area contributed by atoms with Gasteiger partial charge in [-0.15, -0.1) is 0 Å². The van der Waals surface area contributed by atoms with Crippen molar-refractivity contribution in [3.05, 3.63) is 30.1 Å². The Labute approximate surface area is 113 Å². The number of carbonyl (C=O) groups excluding carboxylic acids is 1.